The number of benzene rings is 1. The molecule has 0 spiro atoms. The summed E-state index contributed by atoms with van der Waals surface area (Å²) >= 11 is 1.46. The number of amides is 2. The molecule has 1 aromatic carbocycles. The van der Waals surface area contributed by atoms with Gasteiger partial charge in [0.25, 0.3) is 0 Å². The second kappa shape index (κ2) is 7.54. The number of urea groups is 1. The Bertz CT molecular complexity index is 645. The SMILES string of the molecule is NC[C@H]1CCCCN1NC(=O)Nc1ncc(-c2ccccc2)s1. The Morgan fingerprint density at radius 2 is 2.17 bits per heavy atom. The highest BCUT2D eigenvalue weighted by atomic mass is 32.1. The number of rotatable bonds is 4. The Labute approximate surface area is 139 Å². The number of hydrazine groups is 1. The van der Waals surface area contributed by atoms with Crippen LogP contribution < -0.4 is 16.5 Å². The Balaban J connectivity index is 1.59. The van der Waals surface area contributed by atoms with Crippen LogP contribution >= 0.6 is 11.3 Å². The van der Waals surface area contributed by atoms with Gasteiger partial charge in [-0.3, -0.25) is 10.7 Å². The van der Waals surface area contributed by atoms with Crippen molar-refractivity contribution in [3.63, 3.8) is 0 Å². The van der Waals surface area contributed by atoms with Gasteiger partial charge in [-0.1, -0.05) is 48.1 Å². The van der Waals surface area contributed by atoms with Crippen molar-refractivity contribution in [2.24, 2.45) is 5.73 Å². The summed E-state index contributed by atoms with van der Waals surface area (Å²) in [7, 11) is 0. The summed E-state index contributed by atoms with van der Waals surface area (Å²) in [6.45, 7) is 1.39. The summed E-state index contributed by atoms with van der Waals surface area (Å²) in [4.78, 5) is 17.4. The van der Waals surface area contributed by atoms with Gasteiger partial charge in [-0.05, 0) is 18.4 Å². The molecule has 2 heterocycles. The summed E-state index contributed by atoms with van der Waals surface area (Å²) < 4.78 is 0. The van der Waals surface area contributed by atoms with Crippen LogP contribution in [0.2, 0.25) is 0 Å². The average molecular weight is 331 g/mol. The smallest absolute Gasteiger partial charge is 0.329 e. The number of anilines is 1. The van der Waals surface area contributed by atoms with E-state index >= 15 is 0 Å². The number of thiazole rings is 1. The Morgan fingerprint density at radius 3 is 2.96 bits per heavy atom. The number of hydrogen-bond donors (Lipinski definition) is 3. The number of nitrogens with two attached hydrogens (primary N) is 1. The van der Waals surface area contributed by atoms with Crippen molar-refractivity contribution < 1.29 is 4.79 Å². The summed E-state index contributed by atoms with van der Waals surface area (Å²) in [6.07, 6.45) is 5.03. The molecule has 1 aliphatic heterocycles. The fourth-order valence-electron chi connectivity index (χ4n) is 2.72. The Hall–Kier alpha value is -1.96. The van der Waals surface area contributed by atoms with Gasteiger partial charge in [-0.15, -0.1) is 0 Å². The van der Waals surface area contributed by atoms with Gasteiger partial charge in [0, 0.05) is 25.3 Å². The van der Waals surface area contributed by atoms with Gasteiger partial charge in [0.2, 0.25) is 0 Å². The van der Waals surface area contributed by atoms with Gasteiger partial charge < -0.3 is 5.73 Å². The molecule has 2 aromatic rings. The molecule has 122 valence electrons. The topological polar surface area (TPSA) is 83.3 Å². The Kier molecular flexibility index (Phi) is 5.22. The van der Waals surface area contributed by atoms with Gasteiger partial charge in [0.05, 0.1) is 4.88 Å². The van der Waals surface area contributed by atoms with Crippen molar-refractivity contribution in [3.05, 3.63) is 36.5 Å². The van der Waals surface area contributed by atoms with E-state index < -0.39 is 0 Å². The van der Waals surface area contributed by atoms with Crippen LogP contribution in [0.15, 0.2) is 36.5 Å². The van der Waals surface area contributed by atoms with E-state index in [1.165, 1.54) is 11.3 Å². The highest BCUT2D eigenvalue weighted by Crippen LogP contribution is 2.28. The van der Waals surface area contributed by atoms with Crippen molar-refractivity contribution in [1.82, 2.24) is 15.4 Å². The molecule has 1 fully saturated rings. The van der Waals surface area contributed by atoms with E-state index in [4.69, 9.17) is 5.73 Å². The van der Waals surface area contributed by atoms with Gasteiger partial charge >= 0.3 is 6.03 Å². The maximum Gasteiger partial charge on any atom is 0.335 e. The lowest BCUT2D eigenvalue weighted by molar-refractivity contribution is 0.105. The van der Waals surface area contributed by atoms with Crippen molar-refractivity contribution in [2.45, 2.75) is 25.3 Å². The van der Waals surface area contributed by atoms with E-state index in [1.807, 2.05) is 35.3 Å². The predicted octanol–water partition coefficient (Wildman–Crippen LogP) is 2.66. The molecule has 23 heavy (non-hydrogen) atoms. The largest absolute Gasteiger partial charge is 0.335 e. The van der Waals surface area contributed by atoms with Crippen molar-refractivity contribution >= 4 is 22.5 Å². The minimum Gasteiger partial charge on any atom is -0.329 e. The van der Waals surface area contributed by atoms with Crippen LogP contribution in [0.3, 0.4) is 0 Å². The predicted molar refractivity (Wildman–Crippen MR) is 93.1 cm³/mol. The number of carbonyl (C=O) groups is 1. The first-order chi connectivity index (χ1) is 11.3. The second-order valence-corrected chi connectivity index (χ2v) is 6.57. The number of carbonyl (C=O) groups excluding carboxylic acids is 1. The second-order valence-electron chi connectivity index (χ2n) is 5.54. The minimum atomic E-state index is -0.265. The molecule has 2 amide bonds. The van der Waals surface area contributed by atoms with Crippen molar-refractivity contribution in [2.75, 3.05) is 18.4 Å². The average Bonchev–Trinajstić information content (AvgIpc) is 3.04. The van der Waals surface area contributed by atoms with Gasteiger partial charge in [0.15, 0.2) is 5.13 Å². The van der Waals surface area contributed by atoms with E-state index in [1.54, 1.807) is 6.20 Å². The standard InChI is InChI=1S/C16H21N5OS/c17-10-13-8-4-5-9-21(13)20-15(22)19-16-18-11-14(23-16)12-6-2-1-3-7-12/h1-3,6-7,11,13H,4-5,8-10,17H2,(H2,18,19,20,22)/t13-/m1/s1. The van der Waals surface area contributed by atoms with Crippen LogP contribution in [0.25, 0.3) is 10.4 Å². The van der Waals surface area contributed by atoms with Gasteiger partial charge in [-0.25, -0.2) is 14.8 Å². The lowest BCUT2D eigenvalue weighted by atomic mass is 10.0. The molecule has 1 saturated heterocycles. The summed E-state index contributed by atoms with van der Waals surface area (Å²) in [5, 5.41) is 5.32. The normalized spacial score (nSPS) is 18.6. The van der Waals surface area contributed by atoms with E-state index in [2.05, 4.69) is 15.7 Å². The Morgan fingerprint density at radius 1 is 1.35 bits per heavy atom. The first-order valence-electron chi connectivity index (χ1n) is 7.82. The molecule has 0 unspecified atom stereocenters. The zero-order chi connectivity index (χ0) is 16.1. The molecular weight excluding hydrogens is 310 g/mol. The molecule has 3 rings (SSSR count). The van der Waals surface area contributed by atoms with Gasteiger partial charge in [0.1, 0.15) is 0 Å². The molecule has 0 bridgehead atoms. The van der Waals surface area contributed by atoms with Crippen molar-refractivity contribution in [1.29, 1.82) is 0 Å². The fourth-order valence-corrected chi connectivity index (χ4v) is 3.53. The fraction of sp³-hybridized carbons (Fsp3) is 0.375. The summed E-state index contributed by atoms with van der Waals surface area (Å²) in [5.74, 6) is 0. The van der Waals surface area contributed by atoms with Crippen LogP contribution in [0.4, 0.5) is 9.93 Å². The van der Waals surface area contributed by atoms with Crippen LogP contribution in [0, 0.1) is 0 Å². The molecule has 0 aliphatic carbocycles. The molecule has 0 saturated carbocycles. The van der Waals surface area contributed by atoms with Crippen LogP contribution in [-0.4, -0.2) is 35.2 Å². The van der Waals surface area contributed by atoms with Crippen LogP contribution in [-0.2, 0) is 0 Å². The monoisotopic (exact) mass is 331 g/mol. The molecule has 4 N–H and O–H groups in total. The lowest BCUT2D eigenvalue weighted by Crippen LogP contribution is -2.54. The molecule has 7 heteroatoms. The first-order valence-corrected chi connectivity index (χ1v) is 8.63. The highest BCUT2D eigenvalue weighted by molar-refractivity contribution is 7.19. The maximum atomic E-state index is 12.1. The summed E-state index contributed by atoms with van der Waals surface area (Å²) in [6, 6.07) is 9.94. The number of aromatic nitrogens is 1. The zero-order valence-electron chi connectivity index (χ0n) is 12.9. The van der Waals surface area contributed by atoms with E-state index in [9.17, 15) is 4.79 Å². The molecule has 1 atom stereocenters. The molecular formula is C16H21N5OS. The van der Waals surface area contributed by atoms with E-state index in [0.717, 1.165) is 36.2 Å². The molecule has 6 nitrogen and oxygen atoms in total. The first kappa shape index (κ1) is 15.9. The summed E-state index contributed by atoms with van der Waals surface area (Å²) in [5.41, 5.74) is 9.75. The third kappa shape index (κ3) is 4.07. The molecule has 0 radical (unpaired) electrons. The number of hydrogen-bond acceptors (Lipinski definition) is 5. The van der Waals surface area contributed by atoms with Gasteiger partial charge in [-0.2, -0.15) is 0 Å². The van der Waals surface area contributed by atoms with E-state index in [-0.39, 0.29) is 12.1 Å². The van der Waals surface area contributed by atoms with Crippen LogP contribution in [0.1, 0.15) is 19.3 Å². The minimum absolute atomic E-state index is 0.214. The number of nitrogens with zero attached hydrogens (tertiary/aromatic N) is 2. The molecule has 1 aromatic heterocycles. The number of piperidine rings is 1. The highest BCUT2D eigenvalue weighted by Gasteiger charge is 2.22. The third-order valence-corrected chi connectivity index (χ3v) is 4.89. The maximum absolute atomic E-state index is 12.1. The quantitative estimate of drug-likeness (QED) is 0.804. The van der Waals surface area contributed by atoms with E-state index in [0.29, 0.717) is 11.7 Å². The third-order valence-electron chi connectivity index (χ3n) is 3.93. The van der Waals surface area contributed by atoms with Crippen molar-refractivity contribution in [3.8, 4) is 10.4 Å². The lowest BCUT2D eigenvalue weighted by Gasteiger charge is -2.34. The zero-order valence-corrected chi connectivity index (χ0v) is 13.7. The molecule has 1 aliphatic rings. The van der Waals surface area contributed by atoms with Crippen LogP contribution in [0.5, 0.6) is 0 Å². The number of nitrogens with one attached hydrogen (secondary N) is 2.